The van der Waals surface area contributed by atoms with Crippen LogP contribution in [0.3, 0.4) is 0 Å². The largest absolute Gasteiger partial charge is 0.289 e. The molecule has 0 saturated carbocycles. The number of H-pyrrole nitrogens is 1. The first-order valence-corrected chi connectivity index (χ1v) is 5.81. The van der Waals surface area contributed by atoms with Crippen molar-refractivity contribution in [2.24, 2.45) is 0 Å². The number of aromatic amines is 1. The second-order valence-electron chi connectivity index (χ2n) is 5.63. The maximum atomic E-state index is 12.2. The maximum Gasteiger partial charge on any atom is 0.190 e. The minimum atomic E-state index is -0.107. The third kappa shape index (κ3) is 1.97. The summed E-state index contributed by atoms with van der Waals surface area (Å²) in [5.74, 6) is 0. The van der Waals surface area contributed by atoms with Crippen LogP contribution in [0.15, 0.2) is 16.9 Å². The Balaban J connectivity index is 2.97. The average molecular weight is 230 g/mol. The highest BCUT2D eigenvalue weighted by Crippen LogP contribution is 2.25. The Bertz CT molecular complexity index is 633. The molecule has 1 N–H and O–H groups in total. The van der Waals surface area contributed by atoms with E-state index >= 15 is 0 Å². The lowest BCUT2D eigenvalue weighted by Crippen LogP contribution is -2.14. The van der Waals surface area contributed by atoms with E-state index in [1.807, 2.05) is 19.9 Å². The van der Waals surface area contributed by atoms with E-state index in [2.05, 4.69) is 31.0 Å². The highest BCUT2D eigenvalue weighted by atomic mass is 16.1. The van der Waals surface area contributed by atoms with Crippen LogP contribution in [0, 0.1) is 13.8 Å². The van der Waals surface area contributed by atoms with Gasteiger partial charge >= 0.3 is 0 Å². The Morgan fingerprint density at radius 2 is 1.71 bits per heavy atom. The first-order valence-electron chi connectivity index (χ1n) is 5.81. The Labute approximate surface area is 101 Å². The summed E-state index contributed by atoms with van der Waals surface area (Å²) in [6.45, 7) is 10.2. The average Bonchev–Trinajstić information content (AvgIpc) is 2.56. The zero-order chi connectivity index (χ0) is 12.8. The third-order valence-corrected chi connectivity index (χ3v) is 3.11. The van der Waals surface area contributed by atoms with Gasteiger partial charge in [-0.05, 0) is 37.1 Å². The van der Waals surface area contributed by atoms with Gasteiger partial charge in [0, 0.05) is 5.41 Å². The number of nitrogens with zero attached hydrogens (tertiary/aromatic N) is 1. The molecule has 0 atom stereocenters. The van der Waals surface area contributed by atoms with Gasteiger partial charge in [0.05, 0.1) is 16.6 Å². The SMILES string of the molecule is Cc1cc(=O)c2c(C(C)(C)C)[nH]nc2cc1C. The molecule has 0 spiro atoms. The summed E-state index contributed by atoms with van der Waals surface area (Å²) < 4.78 is 0. The van der Waals surface area contributed by atoms with Gasteiger partial charge in [0.1, 0.15) is 0 Å². The maximum absolute atomic E-state index is 12.2. The van der Waals surface area contributed by atoms with Gasteiger partial charge in [-0.2, -0.15) is 5.10 Å². The van der Waals surface area contributed by atoms with Gasteiger partial charge in [0.15, 0.2) is 5.43 Å². The normalized spacial score (nSPS) is 12.1. The summed E-state index contributed by atoms with van der Waals surface area (Å²) >= 11 is 0. The van der Waals surface area contributed by atoms with E-state index in [9.17, 15) is 4.79 Å². The Hall–Kier alpha value is -1.64. The quantitative estimate of drug-likeness (QED) is 0.756. The molecule has 0 radical (unpaired) electrons. The highest BCUT2D eigenvalue weighted by Gasteiger charge is 2.21. The lowest BCUT2D eigenvalue weighted by Gasteiger charge is -2.15. The fourth-order valence-electron chi connectivity index (χ4n) is 1.95. The van der Waals surface area contributed by atoms with Crippen molar-refractivity contribution in [2.45, 2.75) is 40.0 Å². The van der Waals surface area contributed by atoms with Crippen molar-refractivity contribution in [3.63, 3.8) is 0 Å². The third-order valence-electron chi connectivity index (χ3n) is 3.11. The van der Waals surface area contributed by atoms with E-state index in [1.165, 1.54) is 0 Å². The fourth-order valence-corrected chi connectivity index (χ4v) is 1.95. The van der Waals surface area contributed by atoms with Crippen molar-refractivity contribution in [3.05, 3.63) is 39.2 Å². The van der Waals surface area contributed by atoms with E-state index in [0.29, 0.717) is 5.39 Å². The molecule has 17 heavy (non-hydrogen) atoms. The summed E-state index contributed by atoms with van der Waals surface area (Å²) in [6, 6.07) is 3.67. The first kappa shape index (κ1) is 11.8. The summed E-state index contributed by atoms with van der Waals surface area (Å²) in [4.78, 5) is 12.2. The van der Waals surface area contributed by atoms with Crippen LogP contribution in [0.2, 0.25) is 0 Å². The molecule has 0 fully saturated rings. The van der Waals surface area contributed by atoms with Gasteiger partial charge in [0.25, 0.3) is 0 Å². The van der Waals surface area contributed by atoms with Crippen molar-refractivity contribution >= 4 is 10.9 Å². The second-order valence-corrected chi connectivity index (χ2v) is 5.63. The predicted octanol–water partition coefficient (Wildman–Crippen LogP) is 2.84. The first-order chi connectivity index (χ1) is 7.80. The molecule has 0 aliphatic heterocycles. The van der Waals surface area contributed by atoms with Gasteiger partial charge in [-0.25, -0.2) is 0 Å². The van der Waals surface area contributed by atoms with Crippen LogP contribution in [0.4, 0.5) is 0 Å². The number of aryl methyl sites for hydroxylation is 2. The molecule has 1 aromatic heterocycles. The standard InChI is InChI=1S/C14H18N2O/c1-8-6-10-12(11(17)7-9(8)2)13(16-15-10)14(3,4)5/h6-7H,1-5H3,(H,15,16). The van der Waals surface area contributed by atoms with E-state index in [1.54, 1.807) is 6.07 Å². The molecule has 1 heterocycles. The minimum Gasteiger partial charge on any atom is -0.289 e. The zero-order valence-corrected chi connectivity index (χ0v) is 11.0. The molecular weight excluding hydrogens is 212 g/mol. The van der Waals surface area contributed by atoms with Crippen LogP contribution in [-0.2, 0) is 5.41 Å². The van der Waals surface area contributed by atoms with Crippen molar-refractivity contribution in [1.29, 1.82) is 0 Å². The number of rotatable bonds is 0. The minimum absolute atomic E-state index is 0.0456. The number of hydrogen-bond donors (Lipinski definition) is 1. The lowest BCUT2D eigenvalue weighted by molar-refractivity contribution is 0.571. The topological polar surface area (TPSA) is 45.8 Å². The fraction of sp³-hybridized carbons (Fsp3) is 0.429. The van der Waals surface area contributed by atoms with Crippen LogP contribution >= 0.6 is 0 Å². The molecule has 0 amide bonds. The Morgan fingerprint density at radius 3 is 2.29 bits per heavy atom. The molecule has 2 rings (SSSR count). The van der Waals surface area contributed by atoms with Gasteiger partial charge in [0.2, 0.25) is 0 Å². The summed E-state index contributed by atoms with van der Waals surface area (Å²) in [5.41, 5.74) is 3.70. The molecule has 0 aliphatic carbocycles. The molecule has 0 bridgehead atoms. The highest BCUT2D eigenvalue weighted by molar-refractivity contribution is 5.82. The molecule has 0 aliphatic rings. The van der Waals surface area contributed by atoms with E-state index in [4.69, 9.17) is 0 Å². The monoisotopic (exact) mass is 230 g/mol. The molecule has 90 valence electrons. The van der Waals surface area contributed by atoms with Gasteiger partial charge in [-0.1, -0.05) is 20.8 Å². The van der Waals surface area contributed by atoms with Gasteiger partial charge in [-0.15, -0.1) is 0 Å². The zero-order valence-electron chi connectivity index (χ0n) is 11.0. The van der Waals surface area contributed by atoms with Crippen molar-refractivity contribution < 1.29 is 0 Å². The summed E-state index contributed by atoms with van der Waals surface area (Å²) in [7, 11) is 0. The second kappa shape index (κ2) is 3.69. The Kier molecular flexibility index (Phi) is 2.57. The molecule has 0 saturated heterocycles. The van der Waals surface area contributed by atoms with E-state index in [0.717, 1.165) is 22.3 Å². The van der Waals surface area contributed by atoms with Crippen LogP contribution in [0.1, 0.15) is 37.6 Å². The van der Waals surface area contributed by atoms with Crippen LogP contribution in [-0.4, -0.2) is 10.2 Å². The summed E-state index contributed by atoms with van der Waals surface area (Å²) in [6.07, 6.45) is 0. The molecule has 3 heteroatoms. The molecular formula is C14H18N2O. The number of aromatic nitrogens is 2. The van der Waals surface area contributed by atoms with Crippen molar-refractivity contribution in [3.8, 4) is 0 Å². The smallest absolute Gasteiger partial charge is 0.190 e. The van der Waals surface area contributed by atoms with Gasteiger partial charge < -0.3 is 0 Å². The molecule has 3 nitrogen and oxygen atoms in total. The number of fused-ring (bicyclic) bond motifs is 1. The Morgan fingerprint density at radius 1 is 1.12 bits per heavy atom. The van der Waals surface area contributed by atoms with Crippen molar-refractivity contribution in [1.82, 2.24) is 10.2 Å². The van der Waals surface area contributed by atoms with E-state index in [-0.39, 0.29) is 10.8 Å². The molecule has 1 aromatic carbocycles. The van der Waals surface area contributed by atoms with Gasteiger partial charge in [-0.3, -0.25) is 9.89 Å². The van der Waals surface area contributed by atoms with E-state index < -0.39 is 0 Å². The van der Waals surface area contributed by atoms with Crippen molar-refractivity contribution in [2.75, 3.05) is 0 Å². The number of nitrogens with one attached hydrogen (secondary N) is 1. The van der Waals surface area contributed by atoms with Crippen LogP contribution in [0.25, 0.3) is 10.9 Å². The van der Waals surface area contributed by atoms with Crippen LogP contribution in [0.5, 0.6) is 0 Å². The molecule has 0 unspecified atom stereocenters. The predicted molar refractivity (Wildman–Crippen MR) is 70.5 cm³/mol. The van der Waals surface area contributed by atoms with Crippen LogP contribution < -0.4 is 5.43 Å². The lowest BCUT2D eigenvalue weighted by atomic mass is 9.90. The number of hydrogen-bond acceptors (Lipinski definition) is 2. The summed E-state index contributed by atoms with van der Waals surface area (Å²) in [5, 5.41) is 7.98. The molecule has 2 aromatic rings.